The van der Waals surface area contributed by atoms with Crippen LogP contribution in [0.15, 0.2) is 53.4 Å². The zero-order chi connectivity index (χ0) is 21.2. The van der Waals surface area contributed by atoms with E-state index in [4.69, 9.17) is 0 Å². The molecule has 154 valence electrons. The first-order valence-corrected chi connectivity index (χ1v) is 11.2. The Bertz CT molecular complexity index is 1110. The van der Waals surface area contributed by atoms with E-state index in [1.165, 1.54) is 4.31 Å². The molecule has 0 saturated carbocycles. The largest absolute Gasteiger partial charge is 0.351 e. The van der Waals surface area contributed by atoms with Gasteiger partial charge in [-0.05, 0) is 49.2 Å². The van der Waals surface area contributed by atoms with Gasteiger partial charge in [0.1, 0.15) is 5.69 Å². The molecule has 0 radical (unpaired) electrons. The minimum absolute atomic E-state index is 0.203. The molecule has 3 rings (SSSR count). The molecule has 1 amide bonds. The van der Waals surface area contributed by atoms with Gasteiger partial charge in [-0.2, -0.15) is 4.31 Å². The molecule has 0 aliphatic heterocycles. The molecule has 1 unspecified atom stereocenters. The van der Waals surface area contributed by atoms with Crippen LogP contribution in [0.1, 0.15) is 48.4 Å². The first-order chi connectivity index (χ1) is 13.8. The maximum atomic E-state index is 12.6. The SMILES string of the molecule is CCN(CC)S(=O)(=O)c1ccc(C(C)NC(=O)c2cc3ccc(C)cc3[nH]2)cc1. The van der Waals surface area contributed by atoms with E-state index in [0.29, 0.717) is 18.8 Å². The molecule has 0 bridgehead atoms. The first kappa shape index (κ1) is 21.1. The highest BCUT2D eigenvalue weighted by Gasteiger charge is 2.22. The Hall–Kier alpha value is -2.64. The quantitative estimate of drug-likeness (QED) is 0.614. The van der Waals surface area contributed by atoms with Crippen LogP contribution in [-0.4, -0.2) is 36.7 Å². The summed E-state index contributed by atoms with van der Waals surface area (Å²) in [6.07, 6.45) is 0. The van der Waals surface area contributed by atoms with E-state index in [1.54, 1.807) is 24.3 Å². The van der Waals surface area contributed by atoms with Gasteiger partial charge in [-0.3, -0.25) is 4.79 Å². The Labute approximate surface area is 172 Å². The Kier molecular flexibility index (Phi) is 6.10. The highest BCUT2D eigenvalue weighted by atomic mass is 32.2. The Morgan fingerprint density at radius 3 is 2.34 bits per heavy atom. The number of aromatic nitrogens is 1. The van der Waals surface area contributed by atoms with Gasteiger partial charge < -0.3 is 10.3 Å². The van der Waals surface area contributed by atoms with Crippen LogP contribution in [0.2, 0.25) is 0 Å². The summed E-state index contributed by atoms with van der Waals surface area (Å²) in [4.78, 5) is 16.0. The second-order valence-corrected chi connectivity index (χ2v) is 9.07. The molecule has 2 N–H and O–H groups in total. The Balaban J connectivity index is 1.74. The molecule has 2 aromatic carbocycles. The summed E-state index contributed by atoms with van der Waals surface area (Å²) in [6, 6.07) is 14.2. The highest BCUT2D eigenvalue weighted by molar-refractivity contribution is 7.89. The van der Waals surface area contributed by atoms with Crippen LogP contribution < -0.4 is 5.32 Å². The number of nitrogens with one attached hydrogen (secondary N) is 2. The molecule has 1 heterocycles. The van der Waals surface area contributed by atoms with Crippen LogP contribution in [-0.2, 0) is 10.0 Å². The molecular weight excluding hydrogens is 386 g/mol. The summed E-state index contributed by atoms with van der Waals surface area (Å²) in [5.41, 5.74) is 3.38. The number of sulfonamides is 1. The summed E-state index contributed by atoms with van der Waals surface area (Å²) >= 11 is 0. The maximum Gasteiger partial charge on any atom is 0.268 e. The number of carbonyl (C=O) groups is 1. The van der Waals surface area contributed by atoms with Gasteiger partial charge in [0.05, 0.1) is 10.9 Å². The molecule has 0 aliphatic rings. The van der Waals surface area contributed by atoms with Gasteiger partial charge in [-0.25, -0.2) is 8.42 Å². The van der Waals surface area contributed by atoms with E-state index in [9.17, 15) is 13.2 Å². The highest BCUT2D eigenvalue weighted by Crippen LogP contribution is 2.21. The van der Waals surface area contributed by atoms with Crippen molar-refractivity contribution in [2.45, 2.75) is 38.6 Å². The number of aryl methyl sites for hydroxylation is 1. The molecule has 0 saturated heterocycles. The monoisotopic (exact) mass is 413 g/mol. The van der Waals surface area contributed by atoms with E-state index in [0.717, 1.165) is 22.0 Å². The third-order valence-corrected chi connectivity index (χ3v) is 7.16. The summed E-state index contributed by atoms with van der Waals surface area (Å²) in [6.45, 7) is 8.37. The van der Waals surface area contributed by atoms with Crippen molar-refractivity contribution in [2.24, 2.45) is 0 Å². The van der Waals surface area contributed by atoms with Gasteiger partial charge in [0.2, 0.25) is 10.0 Å². The van der Waals surface area contributed by atoms with Crippen molar-refractivity contribution in [1.29, 1.82) is 0 Å². The second kappa shape index (κ2) is 8.39. The van der Waals surface area contributed by atoms with E-state index >= 15 is 0 Å². The fraction of sp³-hybridized carbons (Fsp3) is 0.318. The number of benzene rings is 2. The topological polar surface area (TPSA) is 82.3 Å². The van der Waals surface area contributed by atoms with Crippen molar-refractivity contribution in [1.82, 2.24) is 14.6 Å². The molecule has 29 heavy (non-hydrogen) atoms. The summed E-state index contributed by atoms with van der Waals surface area (Å²) in [5.74, 6) is -0.203. The summed E-state index contributed by atoms with van der Waals surface area (Å²) < 4.78 is 26.6. The fourth-order valence-corrected chi connectivity index (χ4v) is 4.82. The van der Waals surface area contributed by atoms with Gasteiger partial charge >= 0.3 is 0 Å². The van der Waals surface area contributed by atoms with E-state index < -0.39 is 10.0 Å². The van der Waals surface area contributed by atoms with Gasteiger partial charge in [0.15, 0.2) is 0 Å². The van der Waals surface area contributed by atoms with E-state index in [-0.39, 0.29) is 16.8 Å². The van der Waals surface area contributed by atoms with Crippen molar-refractivity contribution in [3.63, 3.8) is 0 Å². The lowest BCUT2D eigenvalue weighted by Gasteiger charge is -2.19. The van der Waals surface area contributed by atoms with Crippen LogP contribution in [0.3, 0.4) is 0 Å². The van der Waals surface area contributed by atoms with Gasteiger partial charge in [-0.15, -0.1) is 0 Å². The predicted molar refractivity (Wildman–Crippen MR) is 115 cm³/mol. The average molecular weight is 414 g/mol. The van der Waals surface area contributed by atoms with Gasteiger partial charge in [0.25, 0.3) is 5.91 Å². The summed E-state index contributed by atoms with van der Waals surface area (Å²) in [7, 11) is -3.49. The van der Waals surface area contributed by atoms with Crippen molar-refractivity contribution < 1.29 is 13.2 Å². The zero-order valence-corrected chi connectivity index (χ0v) is 18.0. The summed E-state index contributed by atoms with van der Waals surface area (Å²) in [5, 5.41) is 3.95. The maximum absolute atomic E-state index is 12.6. The van der Waals surface area contributed by atoms with Crippen LogP contribution >= 0.6 is 0 Å². The molecule has 0 aliphatic carbocycles. The zero-order valence-electron chi connectivity index (χ0n) is 17.2. The third-order valence-electron chi connectivity index (χ3n) is 5.09. The molecule has 7 heteroatoms. The lowest BCUT2D eigenvalue weighted by molar-refractivity contribution is 0.0935. The first-order valence-electron chi connectivity index (χ1n) is 9.76. The fourth-order valence-electron chi connectivity index (χ4n) is 3.36. The van der Waals surface area contributed by atoms with Crippen molar-refractivity contribution in [3.05, 3.63) is 65.4 Å². The van der Waals surface area contributed by atoms with E-state index in [2.05, 4.69) is 10.3 Å². The lowest BCUT2D eigenvalue weighted by Crippen LogP contribution is -2.30. The number of rotatable bonds is 7. The van der Waals surface area contributed by atoms with Crippen LogP contribution in [0, 0.1) is 6.92 Å². The molecule has 1 atom stereocenters. The standard InChI is InChI=1S/C22H27N3O3S/c1-5-25(6-2)29(27,28)19-11-9-17(10-12-19)16(4)23-22(26)21-14-18-8-7-15(3)13-20(18)24-21/h7-14,16,24H,5-6H2,1-4H3,(H,23,26). The number of carbonyl (C=O) groups excluding carboxylic acids is 1. The minimum Gasteiger partial charge on any atom is -0.351 e. The third kappa shape index (κ3) is 4.36. The molecule has 6 nitrogen and oxygen atoms in total. The van der Waals surface area contributed by atoms with Gasteiger partial charge in [-0.1, -0.05) is 38.1 Å². The van der Waals surface area contributed by atoms with Crippen LogP contribution in [0.4, 0.5) is 0 Å². The van der Waals surface area contributed by atoms with Crippen molar-refractivity contribution in [3.8, 4) is 0 Å². The molecule has 0 spiro atoms. The van der Waals surface area contributed by atoms with Crippen molar-refractivity contribution in [2.75, 3.05) is 13.1 Å². The number of fused-ring (bicyclic) bond motifs is 1. The van der Waals surface area contributed by atoms with Crippen LogP contribution in [0.5, 0.6) is 0 Å². The Morgan fingerprint density at radius 1 is 1.07 bits per heavy atom. The van der Waals surface area contributed by atoms with Crippen LogP contribution in [0.25, 0.3) is 10.9 Å². The molecular formula is C22H27N3O3S. The Morgan fingerprint density at radius 2 is 1.72 bits per heavy atom. The smallest absolute Gasteiger partial charge is 0.268 e. The number of hydrogen-bond acceptors (Lipinski definition) is 3. The number of amides is 1. The number of H-pyrrole nitrogens is 1. The second-order valence-electron chi connectivity index (χ2n) is 7.13. The normalized spacial score (nSPS) is 13.0. The minimum atomic E-state index is -3.49. The average Bonchev–Trinajstić information content (AvgIpc) is 3.12. The predicted octanol–water partition coefficient (Wildman–Crippen LogP) is 4.00. The molecule has 0 fully saturated rings. The van der Waals surface area contributed by atoms with E-state index in [1.807, 2.05) is 52.0 Å². The number of aromatic amines is 1. The molecule has 3 aromatic rings. The number of hydrogen-bond donors (Lipinski definition) is 2. The van der Waals surface area contributed by atoms with Crippen molar-refractivity contribution >= 4 is 26.8 Å². The number of nitrogens with zero attached hydrogens (tertiary/aromatic N) is 1. The lowest BCUT2D eigenvalue weighted by atomic mass is 10.1. The van der Waals surface area contributed by atoms with Gasteiger partial charge in [0, 0.05) is 24.0 Å². The molecule has 1 aromatic heterocycles.